The van der Waals surface area contributed by atoms with Crippen molar-refractivity contribution in [2.24, 2.45) is 0 Å². The highest BCUT2D eigenvalue weighted by Crippen LogP contribution is 2.21. The number of carbonyl (C=O) groups excluding carboxylic acids is 2. The zero-order valence-corrected chi connectivity index (χ0v) is 19.0. The minimum atomic E-state index is -0.144. The van der Waals surface area contributed by atoms with Crippen molar-refractivity contribution in [1.29, 1.82) is 0 Å². The second kappa shape index (κ2) is 8.47. The van der Waals surface area contributed by atoms with Gasteiger partial charge in [-0.2, -0.15) is 9.61 Å². The van der Waals surface area contributed by atoms with Crippen molar-refractivity contribution in [2.75, 3.05) is 37.6 Å². The molecular weight excluding hydrogens is 420 g/mol. The molecule has 3 aromatic rings. The first-order valence-corrected chi connectivity index (χ1v) is 11.5. The van der Waals surface area contributed by atoms with E-state index in [1.54, 1.807) is 6.92 Å². The van der Waals surface area contributed by atoms with E-state index in [1.165, 1.54) is 10.7 Å². The molecule has 1 N–H and O–H groups in total. The number of ketones is 1. The van der Waals surface area contributed by atoms with Gasteiger partial charge in [0.25, 0.3) is 11.5 Å². The molecule has 0 saturated carbocycles. The maximum Gasteiger partial charge on any atom is 0.279 e. The van der Waals surface area contributed by atoms with Gasteiger partial charge in [0, 0.05) is 69.2 Å². The highest BCUT2D eigenvalue weighted by molar-refractivity contribution is 6.00. The first-order chi connectivity index (χ1) is 16.0. The SMILES string of the molecule is CCn1c2c(c(=O)n3ncc(C(=O)N4CCN(c5ccc(C(C)=O)cc5)CC4)c13)CNCC2. The third kappa shape index (κ3) is 3.62. The molecule has 2 aliphatic rings. The van der Waals surface area contributed by atoms with Crippen molar-refractivity contribution < 1.29 is 9.59 Å². The molecule has 0 unspecified atom stereocenters. The molecular formula is C24H28N6O3. The van der Waals surface area contributed by atoms with E-state index in [9.17, 15) is 14.4 Å². The average Bonchev–Trinajstić information content (AvgIpc) is 3.29. The van der Waals surface area contributed by atoms with E-state index in [0.717, 1.165) is 29.9 Å². The van der Waals surface area contributed by atoms with Crippen LogP contribution < -0.4 is 15.8 Å². The molecule has 0 radical (unpaired) electrons. The van der Waals surface area contributed by atoms with Crippen molar-refractivity contribution in [3.8, 4) is 0 Å². The van der Waals surface area contributed by atoms with E-state index in [2.05, 4.69) is 19.9 Å². The summed E-state index contributed by atoms with van der Waals surface area (Å²) in [6, 6.07) is 7.59. The van der Waals surface area contributed by atoms with Crippen LogP contribution in [0, 0.1) is 0 Å². The van der Waals surface area contributed by atoms with Gasteiger partial charge in [-0.05, 0) is 38.1 Å². The van der Waals surface area contributed by atoms with E-state index in [4.69, 9.17) is 0 Å². The first kappa shape index (κ1) is 21.4. The number of aromatic nitrogens is 3. The number of piperazine rings is 1. The van der Waals surface area contributed by atoms with Crippen LogP contribution in [-0.2, 0) is 19.5 Å². The Balaban J connectivity index is 1.39. The number of fused-ring (bicyclic) bond motifs is 2. The summed E-state index contributed by atoms with van der Waals surface area (Å²) in [5.41, 5.74) is 4.41. The van der Waals surface area contributed by atoms with Crippen LogP contribution >= 0.6 is 0 Å². The van der Waals surface area contributed by atoms with Gasteiger partial charge in [0.05, 0.1) is 11.8 Å². The number of nitrogens with one attached hydrogen (secondary N) is 1. The van der Waals surface area contributed by atoms with Crippen molar-refractivity contribution in [2.45, 2.75) is 33.4 Å². The molecule has 1 saturated heterocycles. The molecule has 0 aliphatic carbocycles. The van der Waals surface area contributed by atoms with E-state index in [0.29, 0.717) is 56.0 Å². The predicted octanol–water partition coefficient (Wildman–Crippen LogP) is 1.33. The second-order valence-electron chi connectivity index (χ2n) is 8.58. The number of benzene rings is 1. The number of hydrogen-bond acceptors (Lipinski definition) is 6. The molecule has 4 heterocycles. The minimum absolute atomic E-state index is 0.0495. The van der Waals surface area contributed by atoms with E-state index >= 15 is 0 Å². The van der Waals surface area contributed by atoms with Gasteiger partial charge in [-0.15, -0.1) is 0 Å². The average molecular weight is 449 g/mol. The summed E-state index contributed by atoms with van der Waals surface area (Å²) in [6.07, 6.45) is 2.30. The summed E-state index contributed by atoms with van der Waals surface area (Å²) < 4.78 is 3.46. The van der Waals surface area contributed by atoms with Gasteiger partial charge in [-0.25, -0.2) is 0 Å². The Hall–Kier alpha value is -3.46. The number of anilines is 1. The lowest BCUT2D eigenvalue weighted by molar-refractivity contribution is 0.0748. The fourth-order valence-corrected chi connectivity index (χ4v) is 4.91. The van der Waals surface area contributed by atoms with Crippen LogP contribution in [0.25, 0.3) is 5.65 Å². The van der Waals surface area contributed by atoms with Gasteiger partial charge >= 0.3 is 0 Å². The minimum Gasteiger partial charge on any atom is -0.368 e. The Kier molecular flexibility index (Phi) is 5.49. The molecule has 2 aromatic heterocycles. The number of amides is 1. The third-order valence-corrected chi connectivity index (χ3v) is 6.72. The Bertz CT molecular complexity index is 1280. The Morgan fingerprint density at radius 1 is 1.09 bits per heavy atom. The van der Waals surface area contributed by atoms with Gasteiger partial charge in [-0.3, -0.25) is 14.4 Å². The third-order valence-electron chi connectivity index (χ3n) is 6.72. The number of hydrogen-bond donors (Lipinski definition) is 1. The molecule has 9 heteroatoms. The summed E-state index contributed by atoms with van der Waals surface area (Å²) >= 11 is 0. The van der Waals surface area contributed by atoms with Crippen molar-refractivity contribution in [3.63, 3.8) is 0 Å². The van der Waals surface area contributed by atoms with Gasteiger partial charge in [-0.1, -0.05) is 0 Å². The van der Waals surface area contributed by atoms with Crippen LogP contribution in [-0.4, -0.2) is 63.5 Å². The van der Waals surface area contributed by atoms with Crippen LogP contribution in [0.2, 0.25) is 0 Å². The standard InChI is InChI=1S/C24H28N6O3/c1-3-29-21-8-9-25-14-19(21)24(33)30-22(29)20(15-26-30)23(32)28-12-10-27(11-13-28)18-6-4-17(5-7-18)16(2)31/h4-7,15,25H,3,8-14H2,1-2H3. The zero-order valence-electron chi connectivity index (χ0n) is 19.0. The quantitative estimate of drug-likeness (QED) is 0.606. The lowest BCUT2D eigenvalue weighted by atomic mass is 10.1. The van der Waals surface area contributed by atoms with Crippen LogP contribution in [0.5, 0.6) is 0 Å². The van der Waals surface area contributed by atoms with Gasteiger partial charge in [0.2, 0.25) is 0 Å². The fraction of sp³-hybridized carbons (Fsp3) is 0.417. The van der Waals surface area contributed by atoms with Crippen molar-refractivity contribution >= 4 is 23.0 Å². The Morgan fingerprint density at radius 2 is 1.82 bits per heavy atom. The monoisotopic (exact) mass is 448 g/mol. The maximum absolute atomic E-state index is 13.5. The fourth-order valence-electron chi connectivity index (χ4n) is 4.91. The van der Waals surface area contributed by atoms with Gasteiger partial charge < -0.3 is 19.7 Å². The summed E-state index contributed by atoms with van der Waals surface area (Å²) in [5, 5.41) is 7.56. The van der Waals surface area contributed by atoms with E-state index in [-0.39, 0.29) is 17.2 Å². The predicted molar refractivity (Wildman–Crippen MR) is 125 cm³/mol. The molecule has 0 atom stereocenters. The van der Waals surface area contributed by atoms with Crippen LogP contribution in [0.3, 0.4) is 0 Å². The summed E-state index contributed by atoms with van der Waals surface area (Å²) in [4.78, 5) is 42.1. The maximum atomic E-state index is 13.5. The molecule has 0 bridgehead atoms. The molecule has 5 rings (SSSR count). The Morgan fingerprint density at radius 3 is 2.48 bits per heavy atom. The number of aryl methyl sites for hydroxylation is 1. The number of carbonyl (C=O) groups is 2. The van der Waals surface area contributed by atoms with E-state index in [1.807, 2.05) is 36.1 Å². The van der Waals surface area contributed by atoms with Crippen LogP contribution in [0.4, 0.5) is 5.69 Å². The lowest BCUT2D eigenvalue weighted by Gasteiger charge is -2.36. The molecule has 1 aromatic carbocycles. The highest BCUT2D eigenvalue weighted by atomic mass is 16.2. The summed E-state index contributed by atoms with van der Waals surface area (Å²) in [5.74, 6) is -0.0412. The highest BCUT2D eigenvalue weighted by Gasteiger charge is 2.28. The van der Waals surface area contributed by atoms with Crippen LogP contribution in [0.1, 0.15) is 45.8 Å². The summed E-state index contributed by atoms with van der Waals surface area (Å²) in [6.45, 7) is 8.17. The molecule has 0 spiro atoms. The number of nitrogens with zero attached hydrogens (tertiary/aromatic N) is 5. The van der Waals surface area contributed by atoms with Crippen LogP contribution in [0.15, 0.2) is 35.3 Å². The zero-order chi connectivity index (χ0) is 23.1. The Labute approximate surface area is 191 Å². The topological polar surface area (TPSA) is 92.0 Å². The molecule has 2 aliphatic heterocycles. The van der Waals surface area contributed by atoms with E-state index < -0.39 is 0 Å². The lowest BCUT2D eigenvalue weighted by Crippen LogP contribution is -2.49. The smallest absolute Gasteiger partial charge is 0.279 e. The molecule has 172 valence electrons. The van der Waals surface area contributed by atoms with Crippen molar-refractivity contribution in [1.82, 2.24) is 24.4 Å². The normalized spacial score (nSPS) is 16.2. The molecule has 9 nitrogen and oxygen atoms in total. The molecule has 33 heavy (non-hydrogen) atoms. The van der Waals surface area contributed by atoms with Crippen molar-refractivity contribution in [3.05, 3.63) is 63.2 Å². The number of rotatable bonds is 4. The molecule has 1 fully saturated rings. The number of Topliss-reactive ketones (excluding diaryl/α,β-unsaturated/α-hetero) is 1. The summed E-state index contributed by atoms with van der Waals surface area (Å²) in [7, 11) is 0. The van der Waals surface area contributed by atoms with Gasteiger partial charge in [0.1, 0.15) is 5.56 Å². The largest absolute Gasteiger partial charge is 0.368 e. The van der Waals surface area contributed by atoms with Gasteiger partial charge in [0.15, 0.2) is 11.4 Å². The first-order valence-electron chi connectivity index (χ1n) is 11.5. The second-order valence-corrected chi connectivity index (χ2v) is 8.58. The molecule has 1 amide bonds.